The number of hydroxylamine groups is 1. The molecule has 0 bridgehead atoms. The fourth-order valence-electron chi connectivity index (χ4n) is 3.59. The first-order valence-corrected chi connectivity index (χ1v) is 10.3. The minimum Gasteiger partial charge on any atom is -0.376 e. The lowest BCUT2D eigenvalue weighted by Crippen LogP contribution is -2.40. The molecule has 1 fully saturated rings. The molecule has 1 atom stereocenters. The molecular formula is C23H24FN5O3. The Morgan fingerprint density at radius 1 is 1.25 bits per heavy atom. The topological polar surface area (TPSA) is 99.6 Å². The molecule has 0 radical (unpaired) electrons. The maximum absolute atomic E-state index is 14.7. The van der Waals surface area contributed by atoms with Crippen molar-refractivity contribution in [2.75, 3.05) is 25.0 Å². The van der Waals surface area contributed by atoms with Crippen molar-refractivity contribution in [3.05, 3.63) is 71.7 Å². The van der Waals surface area contributed by atoms with E-state index >= 15 is 0 Å². The molecule has 0 spiro atoms. The molecule has 1 saturated heterocycles. The SMILES string of the molecule is C[C@@H]1CN(Cc2ccc(Nc3nccc(-c4ccc(C(=O)NO)cc4)n3)cc2F)CCO1. The van der Waals surface area contributed by atoms with Gasteiger partial charge in [-0.1, -0.05) is 18.2 Å². The summed E-state index contributed by atoms with van der Waals surface area (Å²) in [6.07, 6.45) is 1.75. The fourth-order valence-corrected chi connectivity index (χ4v) is 3.59. The third-order valence-corrected chi connectivity index (χ3v) is 5.23. The van der Waals surface area contributed by atoms with Crippen LogP contribution in [0.15, 0.2) is 54.7 Å². The number of amides is 1. The second-order valence-electron chi connectivity index (χ2n) is 7.63. The van der Waals surface area contributed by atoms with E-state index < -0.39 is 5.91 Å². The van der Waals surface area contributed by atoms with Crippen molar-refractivity contribution >= 4 is 17.5 Å². The number of nitrogens with one attached hydrogen (secondary N) is 2. The lowest BCUT2D eigenvalue weighted by Gasteiger charge is -2.31. The molecule has 166 valence electrons. The van der Waals surface area contributed by atoms with Crippen molar-refractivity contribution in [2.45, 2.75) is 19.6 Å². The van der Waals surface area contributed by atoms with E-state index in [1.54, 1.807) is 54.1 Å². The summed E-state index contributed by atoms with van der Waals surface area (Å²) in [6.45, 7) is 4.79. The summed E-state index contributed by atoms with van der Waals surface area (Å²) in [7, 11) is 0. The molecule has 9 heteroatoms. The van der Waals surface area contributed by atoms with Gasteiger partial charge in [-0.05, 0) is 37.3 Å². The molecule has 1 amide bonds. The zero-order valence-corrected chi connectivity index (χ0v) is 17.6. The number of rotatable bonds is 6. The van der Waals surface area contributed by atoms with Crippen LogP contribution in [-0.4, -0.2) is 51.8 Å². The second kappa shape index (κ2) is 9.82. The highest BCUT2D eigenvalue weighted by Gasteiger charge is 2.18. The van der Waals surface area contributed by atoms with Gasteiger partial charge in [0.2, 0.25) is 5.95 Å². The number of halogens is 1. The normalized spacial score (nSPS) is 16.5. The minimum atomic E-state index is -0.588. The summed E-state index contributed by atoms with van der Waals surface area (Å²) < 4.78 is 20.2. The van der Waals surface area contributed by atoms with E-state index in [-0.39, 0.29) is 11.9 Å². The second-order valence-corrected chi connectivity index (χ2v) is 7.63. The average molecular weight is 437 g/mol. The van der Waals surface area contributed by atoms with Gasteiger partial charge >= 0.3 is 0 Å². The molecule has 32 heavy (non-hydrogen) atoms. The van der Waals surface area contributed by atoms with Crippen LogP contribution in [0.2, 0.25) is 0 Å². The van der Waals surface area contributed by atoms with Crippen LogP contribution < -0.4 is 10.8 Å². The Labute approximate surface area is 185 Å². The maximum Gasteiger partial charge on any atom is 0.274 e. The standard InChI is InChI=1S/C23H24FN5O3/c1-15-13-29(10-11-32-15)14-18-6-7-19(12-20(18)24)26-23-25-9-8-21(27-23)16-2-4-17(5-3-16)22(30)28-31/h2-9,12,15,31H,10-11,13-14H2,1H3,(H,28,30)(H,25,26,27)/t15-/m1/s1. The highest BCUT2D eigenvalue weighted by atomic mass is 19.1. The highest BCUT2D eigenvalue weighted by Crippen LogP contribution is 2.22. The first kappa shape index (κ1) is 21.8. The maximum atomic E-state index is 14.7. The number of aromatic nitrogens is 2. The minimum absolute atomic E-state index is 0.153. The van der Waals surface area contributed by atoms with Crippen LogP contribution in [0.4, 0.5) is 16.0 Å². The Balaban J connectivity index is 1.45. The van der Waals surface area contributed by atoms with Crippen molar-refractivity contribution in [3.8, 4) is 11.3 Å². The first-order chi connectivity index (χ1) is 15.5. The molecule has 0 unspecified atom stereocenters. The summed E-state index contributed by atoms with van der Waals surface area (Å²) >= 11 is 0. The van der Waals surface area contributed by atoms with Crippen molar-refractivity contribution in [3.63, 3.8) is 0 Å². The van der Waals surface area contributed by atoms with Crippen molar-refractivity contribution < 1.29 is 19.1 Å². The number of anilines is 2. The Morgan fingerprint density at radius 2 is 2.06 bits per heavy atom. The van der Waals surface area contributed by atoms with Gasteiger partial charge in [-0.3, -0.25) is 14.9 Å². The molecule has 4 rings (SSSR count). The zero-order chi connectivity index (χ0) is 22.5. The van der Waals surface area contributed by atoms with E-state index in [1.807, 2.05) is 6.92 Å². The fraction of sp³-hybridized carbons (Fsp3) is 0.261. The Kier molecular flexibility index (Phi) is 6.69. The number of carbonyl (C=O) groups is 1. The van der Waals surface area contributed by atoms with E-state index in [9.17, 15) is 9.18 Å². The van der Waals surface area contributed by atoms with Gasteiger partial charge < -0.3 is 10.1 Å². The summed E-state index contributed by atoms with van der Waals surface area (Å²) in [5.74, 6) is -0.549. The molecule has 1 aromatic heterocycles. The van der Waals surface area contributed by atoms with Gasteiger partial charge in [-0.2, -0.15) is 0 Å². The smallest absolute Gasteiger partial charge is 0.274 e. The molecule has 0 aliphatic carbocycles. The quantitative estimate of drug-likeness (QED) is 0.402. The molecule has 0 saturated carbocycles. The van der Waals surface area contributed by atoms with Gasteiger partial charge in [-0.15, -0.1) is 0 Å². The van der Waals surface area contributed by atoms with Gasteiger partial charge in [-0.25, -0.2) is 19.8 Å². The van der Waals surface area contributed by atoms with Crippen LogP contribution in [0.25, 0.3) is 11.3 Å². The molecule has 1 aliphatic rings. The Hall–Kier alpha value is -3.40. The summed E-state index contributed by atoms with van der Waals surface area (Å²) in [5.41, 5.74) is 4.51. The van der Waals surface area contributed by atoms with E-state index in [0.29, 0.717) is 41.6 Å². The van der Waals surface area contributed by atoms with Crippen LogP contribution >= 0.6 is 0 Å². The zero-order valence-electron chi connectivity index (χ0n) is 17.6. The molecule has 2 aromatic carbocycles. The van der Waals surface area contributed by atoms with Gasteiger partial charge in [0.1, 0.15) is 5.82 Å². The Bertz CT molecular complexity index is 1090. The number of morpholine rings is 1. The van der Waals surface area contributed by atoms with Crippen LogP contribution in [0.1, 0.15) is 22.8 Å². The van der Waals surface area contributed by atoms with Crippen molar-refractivity contribution in [1.82, 2.24) is 20.3 Å². The van der Waals surface area contributed by atoms with Crippen LogP contribution in [0.5, 0.6) is 0 Å². The number of nitrogens with zero attached hydrogens (tertiary/aromatic N) is 3. The van der Waals surface area contributed by atoms with E-state index in [0.717, 1.165) is 18.7 Å². The van der Waals surface area contributed by atoms with E-state index in [4.69, 9.17) is 9.94 Å². The van der Waals surface area contributed by atoms with Crippen molar-refractivity contribution in [2.24, 2.45) is 0 Å². The lowest BCUT2D eigenvalue weighted by molar-refractivity contribution is -0.0215. The van der Waals surface area contributed by atoms with Crippen molar-refractivity contribution in [1.29, 1.82) is 0 Å². The number of hydrogen-bond acceptors (Lipinski definition) is 7. The lowest BCUT2D eigenvalue weighted by atomic mass is 10.1. The molecule has 3 N–H and O–H groups in total. The number of benzene rings is 2. The molecular weight excluding hydrogens is 413 g/mol. The van der Waals surface area contributed by atoms with Crippen LogP contribution in [0, 0.1) is 5.82 Å². The Morgan fingerprint density at radius 3 is 2.78 bits per heavy atom. The molecule has 2 heterocycles. The first-order valence-electron chi connectivity index (χ1n) is 10.3. The average Bonchev–Trinajstić information content (AvgIpc) is 2.81. The summed E-state index contributed by atoms with van der Waals surface area (Å²) in [6, 6.07) is 13.4. The third kappa shape index (κ3) is 5.25. The number of hydrogen-bond donors (Lipinski definition) is 3. The molecule has 8 nitrogen and oxygen atoms in total. The number of ether oxygens (including phenoxy) is 1. The van der Waals surface area contributed by atoms with Gasteiger partial charge in [0.25, 0.3) is 5.91 Å². The third-order valence-electron chi connectivity index (χ3n) is 5.23. The molecule has 3 aromatic rings. The van der Waals surface area contributed by atoms with Gasteiger partial charge in [0, 0.05) is 48.2 Å². The summed E-state index contributed by atoms with van der Waals surface area (Å²) in [5, 5.41) is 11.8. The highest BCUT2D eigenvalue weighted by molar-refractivity contribution is 5.93. The van der Waals surface area contributed by atoms with Crippen LogP contribution in [0.3, 0.4) is 0 Å². The van der Waals surface area contributed by atoms with Gasteiger partial charge in [0.15, 0.2) is 0 Å². The number of carbonyl (C=O) groups excluding carboxylic acids is 1. The largest absolute Gasteiger partial charge is 0.376 e. The predicted molar refractivity (Wildman–Crippen MR) is 117 cm³/mol. The monoisotopic (exact) mass is 437 g/mol. The van der Waals surface area contributed by atoms with E-state index in [1.165, 1.54) is 6.07 Å². The molecule has 1 aliphatic heterocycles. The van der Waals surface area contributed by atoms with E-state index in [2.05, 4.69) is 20.2 Å². The predicted octanol–water partition coefficient (Wildman–Crippen LogP) is 3.37. The van der Waals surface area contributed by atoms with Gasteiger partial charge in [0.05, 0.1) is 18.4 Å². The van der Waals surface area contributed by atoms with Crippen LogP contribution in [-0.2, 0) is 11.3 Å². The summed E-state index contributed by atoms with van der Waals surface area (Å²) in [4.78, 5) is 22.3.